The highest BCUT2D eigenvalue weighted by atomic mass is 35.5. The largest absolute Gasteiger partial charge is 0.421 e. The van der Waals surface area contributed by atoms with Crippen molar-refractivity contribution in [1.82, 2.24) is 9.97 Å². The number of oxime groups is 1. The predicted octanol–water partition coefficient (Wildman–Crippen LogP) is 2.46. The van der Waals surface area contributed by atoms with E-state index in [-0.39, 0.29) is 28.3 Å². The first-order chi connectivity index (χ1) is 9.51. The van der Waals surface area contributed by atoms with Gasteiger partial charge in [-0.05, 0) is 25.1 Å². The van der Waals surface area contributed by atoms with Crippen molar-refractivity contribution in [3.05, 3.63) is 46.5 Å². The second kappa shape index (κ2) is 5.70. The summed E-state index contributed by atoms with van der Waals surface area (Å²) in [6.45, 7) is 1.66. The summed E-state index contributed by atoms with van der Waals surface area (Å²) in [4.78, 5) is 7.89. The fourth-order valence-corrected chi connectivity index (χ4v) is 1.60. The molecule has 0 amide bonds. The molecule has 0 aliphatic rings. The van der Waals surface area contributed by atoms with Crippen LogP contribution in [0.4, 0.5) is 4.39 Å². The van der Waals surface area contributed by atoms with Crippen LogP contribution in [0.3, 0.4) is 0 Å². The molecule has 0 aliphatic heterocycles. The number of halogens is 2. The van der Waals surface area contributed by atoms with Crippen molar-refractivity contribution in [2.75, 3.05) is 0 Å². The molecular formula is C12H10ClFN4O2. The van der Waals surface area contributed by atoms with Gasteiger partial charge >= 0.3 is 6.01 Å². The maximum absolute atomic E-state index is 13.7. The Morgan fingerprint density at radius 3 is 2.90 bits per heavy atom. The lowest BCUT2D eigenvalue weighted by molar-refractivity contribution is 0.318. The zero-order chi connectivity index (χ0) is 14.7. The predicted molar refractivity (Wildman–Crippen MR) is 70.8 cm³/mol. The quantitative estimate of drug-likeness (QED) is 0.393. The zero-order valence-corrected chi connectivity index (χ0v) is 11.1. The van der Waals surface area contributed by atoms with Gasteiger partial charge in [0.25, 0.3) is 0 Å². The molecule has 2 aromatic rings. The summed E-state index contributed by atoms with van der Waals surface area (Å²) in [6, 6.07) is 5.67. The minimum Gasteiger partial charge on any atom is -0.421 e. The third-order valence-corrected chi connectivity index (χ3v) is 2.61. The highest BCUT2D eigenvalue weighted by Gasteiger charge is 2.12. The monoisotopic (exact) mass is 296 g/mol. The highest BCUT2D eigenvalue weighted by Crippen LogP contribution is 2.27. The zero-order valence-electron chi connectivity index (χ0n) is 10.3. The van der Waals surface area contributed by atoms with Crippen LogP contribution in [0, 0.1) is 12.7 Å². The Kier molecular flexibility index (Phi) is 3.99. The molecule has 0 fully saturated rings. The lowest BCUT2D eigenvalue weighted by Crippen LogP contribution is -2.16. The van der Waals surface area contributed by atoms with E-state index in [9.17, 15) is 4.39 Å². The highest BCUT2D eigenvalue weighted by molar-refractivity contribution is 6.30. The fourth-order valence-electron chi connectivity index (χ4n) is 1.43. The Morgan fingerprint density at radius 2 is 2.20 bits per heavy atom. The van der Waals surface area contributed by atoms with E-state index in [2.05, 4.69) is 15.1 Å². The molecule has 0 atom stereocenters. The molecule has 6 nitrogen and oxygen atoms in total. The van der Waals surface area contributed by atoms with Crippen LogP contribution in [0.2, 0.25) is 5.02 Å². The van der Waals surface area contributed by atoms with Gasteiger partial charge in [0.2, 0.25) is 0 Å². The maximum atomic E-state index is 13.7. The van der Waals surface area contributed by atoms with Crippen LogP contribution in [-0.4, -0.2) is 21.0 Å². The van der Waals surface area contributed by atoms with Crippen LogP contribution in [0.15, 0.2) is 29.4 Å². The molecule has 0 aliphatic carbocycles. The van der Waals surface area contributed by atoms with Gasteiger partial charge in [0, 0.05) is 5.69 Å². The van der Waals surface area contributed by atoms with Crippen molar-refractivity contribution in [1.29, 1.82) is 0 Å². The van der Waals surface area contributed by atoms with E-state index >= 15 is 0 Å². The van der Waals surface area contributed by atoms with Gasteiger partial charge in [-0.3, -0.25) is 0 Å². The molecule has 20 heavy (non-hydrogen) atoms. The van der Waals surface area contributed by atoms with Crippen LogP contribution in [-0.2, 0) is 0 Å². The van der Waals surface area contributed by atoms with E-state index < -0.39 is 5.82 Å². The minimum absolute atomic E-state index is 0.0770. The molecule has 3 N–H and O–H groups in total. The molecule has 0 bridgehead atoms. The summed E-state index contributed by atoms with van der Waals surface area (Å²) in [6.07, 6.45) is 0. The summed E-state index contributed by atoms with van der Waals surface area (Å²) in [5.41, 5.74) is 6.12. The summed E-state index contributed by atoms with van der Waals surface area (Å²) >= 11 is 5.65. The lowest BCUT2D eigenvalue weighted by Gasteiger charge is -2.07. The first-order valence-corrected chi connectivity index (χ1v) is 5.84. The van der Waals surface area contributed by atoms with Crippen molar-refractivity contribution >= 4 is 17.4 Å². The molecule has 1 aromatic carbocycles. The van der Waals surface area contributed by atoms with Gasteiger partial charge in [-0.15, -0.1) is 0 Å². The van der Waals surface area contributed by atoms with Gasteiger partial charge < -0.3 is 15.7 Å². The first kappa shape index (κ1) is 14.0. The van der Waals surface area contributed by atoms with E-state index in [1.54, 1.807) is 6.92 Å². The number of rotatable bonds is 3. The van der Waals surface area contributed by atoms with E-state index in [1.165, 1.54) is 24.3 Å². The second-order valence-electron chi connectivity index (χ2n) is 3.82. The summed E-state index contributed by atoms with van der Waals surface area (Å²) in [5.74, 6) is -1.04. The smallest absolute Gasteiger partial charge is 0.322 e. The van der Waals surface area contributed by atoms with Gasteiger partial charge in [-0.1, -0.05) is 22.8 Å². The minimum atomic E-state index is -0.718. The number of hydrogen-bond donors (Lipinski definition) is 2. The van der Waals surface area contributed by atoms with Crippen LogP contribution >= 0.6 is 11.6 Å². The molecule has 104 valence electrons. The van der Waals surface area contributed by atoms with Crippen LogP contribution in [0.1, 0.15) is 11.4 Å². The van der Waals surface area contributed by atoms with E-state index in [1.807, 2.05) is 0 Å². The Morgan fingerprint density at radius 1 is 1.45 bits per heavy atom. The number of benzene rings is 1. The Labute approximate surface area is 118 Å². The van der Waals surface area contributed by atoms with Gasteiger partial charge in [-0.2, -0.15) is 4.98 Å². The van der Waals surface area contributed by atoms with Crippen molar-refractivity contribution in [3.8, 4) is 11.8 Å². The van der Waals surface area contributed by atoms with E-state index in [0.29, 0.717) is 5.69 Å². The summed E-state index contributed by atoms with van der Waals surface area (Å²) < 4.78 is 18.9. The topological polar surface area (TPSA) is 93.6 Å². The van der Waals surface area contributed by atoms with Crippen LogP contribution in [0.25, 0.3) is 0 Å². The molecule has 0 radical (unpaired) electrons. The molecule has 2 rings (SSSR count). The normalized spacial score (nSPS) is 11.4. The van der Waals surface area contributed by atoms with Crippen molar-refractivity contribution in [3.63, 3.8) is 0 Å². The number of hydrogen-bond acceptors (Lipinski definition) is 5. The molecule has 1 heterocycles. The SMILES string of the molecule is Cc1cc(/C(N)=N/O)nc(Oc2cccc(Cl)c2F)n1. The van der Waals surface area contributed by atoms with Gasteiger partial charge in [0.1, 0.15) is 5.69 Å². The van der Waals surface area contributed by atoms with Crippen LogP contribution in [0.5, 0.6) is 11.8 Å². The number of aryl methyl sites for hydroxylation is 1. The third-order valence-electron chi connectivity index (χ3n) is 2.32. The number of aromatic nitrogens is 2. The molecule has 0 saturated heterocycles. The van der Waals surface area contributed by atoms with Gasteiger partial charge in [0.15, 0.2) is 17.4 Å². The Bertz CT molecular complexity index is 679. The molecular weight excluding hydrogens is 287 g/mol. The van der Waals surface area contributed by atoms with Crippen molar-refractivity contribution in [2.45, 2.75) is 6.92 Å². The average molecular weight is 297 g/mol. The Balaban J connectivity index is 2.39. The average Bonchev–Trinajstić information content (AvgIpc) is 2.42. The second-order valence-corrected chi connectivity index (χ2v) is 4.22. The van der Waals surface area contributed by atoms with Crippen LogP contribution < -0.4 is 10.5 Å². The van der Waals surface area contributed by atoms with Gasteiger partial charge in [-0.25, -0.2) is 9.37 Å². The molecule has 0 spiro atoms. The molecule has 1 aromatic heterocycles. The number of ether oxygens (including phenoxy) is 1. The van der Waals surface area contributed by atoms with E-state index in [4.69, 9.17) is 27.3 Å². The number of amidine groups is 1. The standard InChI is InChI=1S/C12H10ClFN4O2/c1-6-5-8(11(15)18-19)17-12(16-6)20-9-4-2-3-7(13)10(9)14/h2-5,19H,1H3,(H2,15,18). The first-order valence-electron chi connectivity index (χ1n) is 5.46. The molecule has 0 unspecified atom stereocenters. The Hall–Kier alpha value is -2.41. The lowest BCUT2D eigenvalue weighted by atomic mass is 10.3. The van der Waals surface area contributed by atoms with Crippen molar-refractivity contribution in [2.24, 2.45) is 10.9 Å². The summed E-state index contributed by atoms with van der Waals surface area (Å²) in [5, 5.41) is 11.4. The third kappa shape index (κ3) is 2.94. The number of nitrogens with zero attached hydrogens (tertiary/aromatic N) is 3. The summed E-state index contributed by atoms with van der Waals surface area (Å²) in [7, 11) is 0. The van der Waals surface area contributed by atoms with Gasteiger partial charge in [0.05, 0.1) is 5.02 Å². The molecule has 0 saturated carbocycles. The molecule has 8 heteroatoms. The number of nitrogens with two attached hydrogens (primary N) is 1. The van der Waals surface area contributed by atoms with Crippen molar-refractivity contribution < 1.29 is 14.3 Å². The fraction of sp³-hybridized carbons (Fsp3) is 0.0833. The maximum Gasteiger partial charge on any atom is 0.322 e. The van der Waals surface area contributed by atoms with E-state index in [0.717, 1.165) is 0 Å².